The first-order valence-corrected chi connectivity index (χ1v) is 5.65. The number of aryl methyl sites for hydroxylation is 1. The number of hydrogen-bond acceptors (Lipinski definition) is 5. The van der Waals surface area contributed by atoms with Crippen molar-refractivity contribution >= 4 is 11.7 Å². The van der Waals surface area contributed by atoms with Crippen molar-refractivity contribution in [2.24, 2.45) is 5.92 Å². The molecule has 0 aliphatic carbocycles. The standard InChI is InChI=1S/C10H14N4O4/c15-6-8-3-13(4-8)10(16)1-2-12-5-9(11-7-12)14(17)18/h5,7-8,15H,1-4,6H2. The summed E-state index contributed by atoms with van der Waals surface area (Å²) in [5.74, 6) is -0.0221. The summed E-state index contributed by atoms with van der Waals surface area (Å²) in [6, 6.07) is 0. The number of amides is 1. The van der Waals surface area contributed by atoms with Crippen molar-refractivity contribution in [3.63, 3.8) is 0 Å². The summed E-state index contributed by atoms with van der Waals surface area (Å²) in [5.41, 5.74) is 0. The predicted octanol–water partition coefficient (Wildman–Crippen LogP) is -0.368. The molecule has 2 rings (SSSR count). The Balaban J connectivity index is 1.77. The number of likely N-dealkylation sites (tertiary alicyclic amines) is 1. The molecule has 1 aliphatic rings. The van der Waals surface area contributed by atoms with E-state index in [1.807, 2.05) is 0 Å². The molecule has 1 fully saturated rings. The zero-order valence-corrected chi connectivity index (χ0v) is 9.73. The van der Waals surface area contributed by atoms with Gasteiger partial charge in [0.1, 0.15) is 6.20 Å². The fourth-order valence-electron chi connectivity index (χ4n) is 1.84. The van der Waals surface area contributed by atoms with E-state index in [0.29, 0.717) is 19.6 Å². The van der Waals surface area contributed by atoms with Crippen LogP contribution >= 0.6 is 0 Å². The molecule has 1 aliphatic heterocycles. The molecular weight excluding hydrogens is 240 g/mol. The maximum Gasteiger partial charge on any atom is 0.381 e. The van der Waals surface area contributed by atoms with Crippen molar-refractivity contribution in [2.75, 3.05) is 19.7 Å². The Hall–Kier alpha value is -1.96. The van der Waals surface area contributed by atoms with Gasteiger partial charge in [0.15, 0.2) is 0 Å². The number of carbonyl (C=O) groups excluding carboxylic acids is 1. The second-order valence-electron chi connectivity index (χ2n) is 4.32. The summed E-state index contributed by atoms with van der Waals surface area (Å²) in [6.07, 6.45) is 2.93. The van der Waals surface area contributed by atoms with E-state index in [4.69, 9.17) is 5.11 Å². The van der Waals surface area contributed by atoms with Crippen LogP contribution < -0.4 is 0 Å². The zero-order chi connectivity index (χ0) is 13.1. The number of aliphatic hydroxyl groups excluding tert-OH is 1. The number of aliphatic hydroxyl groups is 1. The van der Waals surface area contributed by atoms with Crippen molar-refractivity contribution in [1.82, 2.24) is 14.5 Å². The molecule has 1 saturated heterocycles. The second kappa shape index (κ2) is 5.13. The van der Waals surface area contributed by atoms with Crippen LogP contribution in [0.4, 0.5) is 5.82 Å². The highest BCUT2D eigenvalue weighted by molar-refractivity contribution is 5.76. The second-order valence-corrected chi connectivity index (χ2v) is 4.32. The van der Waals surface area contributed by atoms with Gasteiger partial charge in [0.05, 0.1) is 0 Å². The Labute approximate surface area is 103 Å². The molecule has 0 atom stereocenters. The normalized spacial score (nSPS) is 15.5. The van der Waals surface area contributed by atoms with Crippen LogP contribution in [0.5, 0.6) is 0 Å². The van der Waals surface area contributed by atoms with Crippen LogP contribution in [-0.4, -0.2) is 50.1 Å². The fraction of sp³-hybridized carbons (Fsp3) is 0.600. The van der Waals surface area contributed by atoms with E-state index >= 15 is 0 Å². The van der Waals surface area contributed by atoms with Crippen molar-refractivity contribution < 1.29 is 14.8 Å². The van der Waals surface area contributed by atoms with Gasteiger partial charge in [-0.25, -0.2) is 0 Å². The Morgan fingerprint density at radius 3 is 2.89 bits per heavy atom. The Kier molecular flexibility index (Phi) is 3.56. The van der Waals surface area contributed by atoms with E-state index in [1.54, 1.807) is 4.90 Å². The molecule has 1 N–H and O–H groups in total. The van der Waals surface area contributed by atoms with Crippen LogP contribution in [0.1, 0.15) is 6.42 Å². The maximum atomic E-state index is 11.7. The van der Waals surface area contributed by atoms with Gasteiger partial charge in [0, 0.05) is 38.6 Å². The number of rotatable bonds is 5. The van der Waals surface area contributed by atoms with Crippen LogP contribution in [-0.2, 0) is 11.3 Å². The first-order chi connectivity index (χ1) is 8.60. The maximum absolute atomic E-state index is 11.7. The van der Waals surface area contributed by atoms with Crippen molar-refractivity contribution in [2.45, 2.75) is 13.0 Å². The quantitative estimate of drug-likeness (QED) is 0.570. The molecule has 18 heavy (non-hydrogen) atoms. The highest BCUT2D eigenvalue weighted by atomic mass is 16.6. The molecule has 0 saturated carbocycles. The first-order valence-electron chi connectivity index (χ1n) is 5.65. The largest absolute Gasteiger partial charge is 0.396 e. The highest BCUT2D eigenvalue weighted by Crippen LogP contribution is 2.16. The van der Waals surface area contributed by atoms with E-state index < -0.39 is 4.92 Å². The lowest BCUT2D eigenvalue weighted by Gasteiger charge is -2.38. The molecule has 1 aromatic rings. The van der Waals surface area contributed by atoms with Gasteiger partial charge in [-0.2, -0.15) is 0 Å². The minimum Gasteiger partial charge on any atom is -0.396 e. The molecule has 2 heterocycles. The summed E-state index contributed by atoms with van der Waals surface area (Å²) in [5, 5.41) is 19.3. The average Bonchev–Trinajstić information content (AvgIpc) is 2.73. The van der Waals surface area contributed by atoms with E-state index in [0.717, 1.165) is 0 Å². The van der Waals surface area contributed by atoms with Crippen molar-refractivity contribution in [3.8, 4) is 0 Å². The van der Waals surface area contributed by atoms with Gasteiger partial charge in [-0.3, -0.25) is 4.79 Å². The SMILES string of the molecule is O=C(CCn1cnc([N+](=O)[O-])c1)N1CC(CO)C1. The third kappa shape index (κ3) is 2.65. The molecule has 0 aromatic carbocycles. The summed E-state index contributed by atoms with van der Waals surface area (Å²) in [6.45, 7) is 1.68. The number of nitro groups is 1. The monoisotopic (exact) mass is 254 g/mol. The molecule has 98 valence electrons. The van der Waals surface area contributed by atoms with Gasteiger partial charge in [0.2, 0.25) is 12.2 Å². The number of carbonyl (C=O) groups is 1. The van der Waals surface area contributed by atoms with Crippen LogP contribution in [0.15, 0.2) is 12.5 Å². The molecule has 1 amide bonds. The predicted molar refractivity (Wildman–Crippen MR) is 60.7 cm³/mol. The molecule has 0 spiro atoms. The van der Waals surface area contributed by atoms with E-state index in [-0.39, 0.29) is 30.7 Å². The average molecular weight is 254 g/mol. The summed E-state index contributed by atoms with van der Waals surface area (Å²) < 4.78 is 1.53. The molecule has 0 bridgehead atoms. The third-order valence-electron chi connectivity index (χ3n) is 2.96. The van der Waals surface area contributed by atoms with E-state index in [1.165, 1.54) is 17.1 Å². The minimum atomic E-state index is -0.570. The summed E-state index contributed by atoms with van der Waals surface area (Å²) in [7, 11) is 0. The lowest BCUT2D eigenvalue weighted by atomic mass is 10.0. The Bertz CT molecular complexity index is 452. The van der Waals surface area contributed by atoms with Gasteiger partial charge in [-0.1, -0.05) is 0 Å². The molecule has 8 nitrogen and oxygen atoms in total. The lowest BCUT2D eigenvalue weighted by Crippen LogP contribution is -2.51. The summed E-state index contributed by atoms with van der Waals surface area (Å²) in [4.78, 5) is 26.8. The molecular formula is C10H14N4O4. The topological polar surface area (TPSA) is 102 Å². The fourth-order valence-corrected chi connectivity index (χ4v) is 1.84. The van der Waals surface area contributed by atoms with Crippen LogP contribution in [0.25, 0.3) is 0 Å². The minimum absolute atomic E-state index is 0.00365. The lowest BCUT2D eigenvalue weighted by molar-refractivity contribution is -0.389. The molecule has 8 heteroatoms. The Morgan fingerprint density at radius 1 is 1.61 bits per heavy atom. The highest BCUT2D eigenvalue weighted by Gasteiger charge is 2.29. The molecule has 1 aromatic heterocycles. The van der Waals surface area contributed by atoms with Crippen LogP contribution in [0, 0.1) is 16.0 Å². The number of hydrogen-bond donors (Lipinski definition) is 1. The van der Waals surface area contributed by atoms with E-state index in [9.17, 15) is 14.9 Å². The van der Waals surface area contributed by atoms with Gasteiger partial charge in [-0.05, 0) is 9.91 Å². The van der Waals surface area contributed by atoms with Crippen molar-refractivity contribution in [3.05, 3.63) is 22.6 Å². The van der Waals surface area contributed by atoms with Gasteiger partial charge in [-0.15, -0.1) is 0 Å². The third-order valence-corrected chi connectivity index (χ3v) is 2.96. The summed E-state index contributed by atoms with van der Waals surface area (Å²) >= 11 is 0. The molecule has 0 radical (unpaired) electrons. The van der Waals surface area contributed by atoms with Gasteiger partial charge >= 0.3 is 5.82 Å². The van der Waals surface area contributed by atoms with Crippen LogP contribution in [0.2, 0.25) is 0 Å². The molecule has 0 unspecified atom stereocenters. The first kappa shape index (κ1) is 12.5. The number of nitrogens with zero attached hydrogens (tertiary/aromatic N) is 4. The van der Waals surface area contributed by atoms with Gasteiger partial charge < -0.3 is 24.7 Å². The Morgan fingerprint density at radius 2 is 2.33 bits per heavy atom. The van der Waals surface area contributed by atoms with Gasteiger partial charge in [0.25, 0.3) is 0 Å². The van der Waals surface area contributed by atoms with Crippen LogP contribution in [0.3, 0.4) is 0 Å². The zero-order valence-electron chi connectivity index (χ0n) is 9.73. The smallest absolute Gasteiger partial charge is 0.381 e. The number of imidazole rings is 1. The number of aromatic nitrogens is 2. The van der Waals surface area contributed by atoms with Crippen molar-refractivity contribution in [1.29, 1.82) is 0 Å². The van der Waals surface area contributed by atoms with E-state index in [2.05, 4.69) is 4.98 Å².